The topological polar surface area (TPSA) is 63.6 Å². The maximum absolute atomic E-state index is 9.74. The van der Waals surface area contributed by atoms with Gasteiger partial charge in [0.25, 0.3) is 0 Å². The Kier molecular flexibility index (Phi) is 7.19. The molecule has 8 heavy (non-hydrogen) atoms. The number of carbonyl (C=O) groups is 2. The van der Waals surface area contributed by atoms with Crippen LogP contribution in [0.2, 0.25) is 0 Å². The first-order valence-corrected chi connectivity index (χ1v) is 1.54. The minimum absolute atomic E-state index is 0. The van der Waals surface area contributed by atoms with E-state index in [2.05, 4.69) is 4.89 Å². The van der Waals surface area contributed by atoms with E-state index in [-0.39, 0.29) is 29.6 Å². The number of hydrogen-bond acceptors (Lipinski definition) is 4. The quantitative estimate of drug-likeness (QED) is 0.217. The van der Waals surface area contributed by atoms with Gasteiger partial charge in [-0.05, 0) is 0 Å². The Labute approximate surface area is 68.0 Å². The molecule has 0 atom stereocenters. The minimum atomic E-state index is -1.24. The molecule has 1 radical (unpaired) electrons. The molecule has 0 rings (SSSR count). The van der Waals surface area contributed by atoms with Crippen molar-refractivity contribution in [3.05, 3.63) is 0 Å². The Balaban J connectivity index is 0. The second kappa shape index (κ2) is 5.24. The Hall–Kier alpha value is 0.1000. The average Bonchev–Trinajstić information content (AvgIpc) is 1.65. The summed E-state index contributed by atoms with van der Waals surface area (Å²) in [4.78, 5) is 22.5. The van der Waals surface area contributed by atoms with E-state index < -0.39 is 11.8 Å². The van der Waals surface area contributed by atoms with Gasteiger partial charge < -0.3 is 0 Å². The fourth-order valence-corrected chi connectivity index (χ4v) is 0.0643. The first-order chi connectivity index (χ1) is 3.18. The van der Waals surface area contributed by atoms with Crippen LogP contribution in [-0.2, 0) is 14.5 Å². The summed E-state index contributed by atoms with van der Waals surface area (Å²) in [5.74, 6) is -2.05. The van der Waals surface area contributed by atoms with Crippen molar-refractivity contribution in [2.24, 2.45) is 0 Å². The smallest absolute Gasteiger partial charge is 0.292 e. The van der Waals surface area contributed by atoms with Crippen molar-refractivity contribution in [3.63, 3.8) is 0 Å². The van der Waals surface area contributed by atoms with E-state index in [0.29, 0.717) is 0 Å². The fourth-order valence-electron chi connectivity index (χ4n) is 0.0643. The summed E-state index contributed by atoms with van der Waals surface area (Å²) < 4.78 is 0. The van der Waals surface area contributed by atoms with E-state index in [1.807, 2.05) is 0 Å². The molecule has 0 aliphatic carbocycles. The molecular formula is C3H4NaO4. The zero-order valence-corrected chi connectivity index (χ0v) is 6.67. The van der Waals surface area contributed by atoms with Crippen LogP contribution in [0, 0.1) is 0 Å². The van der Waals surface area contributed by atoms with Crippen molar-refractivity contribution >= 4 is 41.3 Å². The largest absolute Gasteiger partial charge is 0.407 e. The van der Waals surface area contributed by atoms with Crippen LogP contribution in [0.25, 0.3) is 0 Å². The molecule has 4 nitrogen and oxygen atoms in total. The summed E-state index contributed by atoms with van der Waals surface area (Å²) in [6.45, 7) is 0.999. The Morgan fingerprint density at radius 3 is 1.88 bits per heavy atom. The van der Waals surface area contributed by atoms with Gasteiger partial charge in [0.1, 0.15) is 0 Å². The van der Waals surface area contributed by atoms with E-state index in [1.165, 1.54) is 0 Å². The van der Waals surface area contributed by atoms with Crippen LogP contribution in [0.3, 0.4) is 0 Å². The molecule has 0 spiro atoms. The molecule has 41 valence electrons. The monoisotopic (exact) mass is 127 g/mol. The molecule has 0 aliphatic rings. The number of hydrogen-bond donors (Lipinski definition) is 1. The molecule has 0 aromatic rings. The maximum Gasteiger partial charge on any atom is 0.407 e. The van der Waals surface area contributed by atoms with E-state index in [1.54, 1.807) is 0 Å². The molecule has 0 bridgehead atoms. The Morgan fingerprint density at radius 2 is 1.88 bits per heavy atom. The molecule has 0 heterocycles. The minimum Gasteiger partial charge on any atom is -0.292 e. The predicted molar refractivity (Wildman–Crippen MR) is 25.2 cm³/mol. The average molecular weight is 127 g/mol. The molecule has 0 aromatic heterocycles. The molecule has 5 heteroatoms. The maximum atomic E-state index is 9.74. The Morgan fingerprint density at radius 1 is 1.50 bits per heavy atom. The third kappa shape index (κ3) is 4.26. The molecule has 0 fully saturated rings. The van der Waals surface area contributed by atoms with E-state index >= 15 is 0 Å². The summed E-state index contributed by atoms with van der Waals surface area (Å²) in [6, 6.07) is 0. The van der Waals surface area contributed by atoms with E-state index in [0.717, 1.165) is 6.92 Å². The molecule has 0 amide bonds. The van der Waals surface area contributed by atoms with Crippen LogP contribution in [0.5, 0.6) is 0 Å². The summed E-state index contributed by atoms with van der Waals surface area (Å²) in [6.07, 6.45) is 0. The van der Waals surface area contributed by atoms with Crippen molar-refractivity contribution in [2.75, 3.05) is 0 Å². The van der Waals surface area contributed by atoms with Crippen molar-refractivity contribution in [2.45, 2.75) is 6.92 Å². The molecule has 0 aliphatic heterocycles. The van der Waals surface area contributed by atoms with Gasteiger partial charge in [0.05, 0.1) is 0 Å². The number of carbonyl (C=O) groups excluding carboxylic acids is 2. The van der Waals surface area contributed by atoms with Crippen molar-refractivity contribution < 1.29 is 19.7 Å². The summed E-state index contributed by atoms with van der Waals surface area (Å²) in [5, 5.41) is 7.43. The summed E-state index contributed by atoms with van der Waals surface area (Å²) >= 11 is 0. The molecule has 0 saturated heterocycles. The first-order valence-electron chi connectivity index (χ1n) is 1.54. The second-order valence-corrected chi connectivity index (χ2v) is 0.935. The molecule has 1 N–H and O–H groups in total. The van der Waals surface area contributed by atoms with Crippen LogP contribution in [0.15, 0.2) is 0 Å². The van der Waals surface area contributed by atoms with Crippen LogP contribution in [0.4, 0.5) is 0 Å². The SMILES string of the molecule is CC(=O)C(=O)OO.[Na]. The van der Waals surface area contributed by atoms with Gasteiger partial charge in [0.15, 0.2) is 0 Å². The van der Waals surface area contributed by atoms with Gasteiger partial charge in [-0.2, -0.15) is 5.26 Å². The third-order valence-corrected chi connectivity index (χ3v) is 0.370. The number of ketones is 1. The van der Waals surface area contributed by atoms with E-state index in [9.17, 15) is 9.59 Å². The fraction of sp³-hybridized carbons (Fsp3) is 0.333. The Bertz CT molecular complexity index is 99.5. The second-order valence-electron chi connectivity index (χ2n) is 0.935. The van der Waals surface area contributed by atoms with Crippen LogP contribution >= 0.6 is 0 Å². The predicted octanol–water partition coefficient (Wildman–Crippen LogP) is -0.789. The van der Waals surface area contributed by atoms with Gasteiger partial charge in [-0.25, -0.2) is 4.79 Å². The van der Waals surface area contributed by atoms with Gasteiger partial charge in [-0.3, -0.25) is 9.68 Å². The molecule has 0 unspecified atom stereocenters. The van der Waals surface area contributed by atoms with Crippen LogP contribution in [-0.4, -0.2) is 46.6 Å². The van der Waals surface area contributed by atoms with Gasteiger partial charge >= 0.3 is 5.97 Å². The van der Waals surface area contributed by atoms with Crippen LogP contribution in [0.1, 0.15) is 6.92 Å². The standard InChI is InChI=1S/C3H4O4.Na/c1-2(4)3(5)7-6;/h6H,1H3;. The van der Waals surface area contributed by atoms with E-state index in [4.69, 9.17) is 5.26 Å². The normalized spacial score (nSPS) is 6.75. The molecule has 0 saturated carbocycles. The van der Waals surface area contributed by atoms with Gasteiger partial charge in [-0.1, -0.05) is 0 Å². The zero-order valence-electron chi connectivity index (χ0n) is 4.67. The summed E-state index contributed by atoms with van der Waals surface area (Å²) in [7, 11) is 0. The number of rotatable bonds is 1. The molecular weight excluding hydrogens is 123 g/mol. The van der Waals surface area contributed by atoms with Crippen molar-refractivity contribution in [3.8, 4) is 0 Å². The van der Waals surface area contributed by atoms with Crippen molar-refractivity contribution in [1.82, 2.24) is 0 Å². The van der Waals surface area contributed by atoms with Crippen molar-refractivity contribution in [1.29, 1.82) is 0 Å². The number of Topliss-reactive ketones (excluding diaryl/α,β-unsaturated/α-hetero) is 1. The first kappa shape index (κ1) is 11.0. The van der Waals surface area contributed by atoms with Gasteiger partial charge in [0.2, 0.25) is 5.78 Å². The zero-order chi connectivity index (χ0) is 5.86. The van der Waals surface area contributed by atoms with Crippen LogP contribution < -0.4 is 0 Å². The third-order valence-electron chi connectivity index (χ3n) is 0.370. The summed E-state index contributed by atoms with van der Waals surface area (Å²) in [5.41, 5.74) is 0. The molecule has 0 aromatic carbocycles. The van der Waals surface area contributed by atoms with Gasteiger partial charge in [-0.15, -0.1) is 0 Å². The van der Waals surface area contributed by atoms with Gasteiger partial charge in [0, 0.05) is 36.5 Å².